The molecule has 0 spiro atoms. The average Bonchev–Trinajstić information content (AvgIpc) is 3.37. The van der Waals surface area contributed by atoms with Gasteiger partial charge >= 0.3 is 0 Å². The number of aromatic nitrogens is 4. The first kappa shape index (κ1) is 18.8. The summed E-state index contributed by atoms with van der Waals surface area (Å²) in [4.78, 5) is 16.3. The summed E-state index contributed by atoms with van der Waals surface area (Å²) in [5.74, 6) is 2.40. The fraction of sp³-hybridized carbons (Fsp3) is 0.292. The van der Waals surface area contributed by atoms with Crippen molar-refractivity contribution in [3.63, 3.8) is 0 Å². The molecule has 0 aliphatic carbocycles. The number of hydrogen-bond donors (Lipinski definition) is 0. The van der Waals surface area contributed by atoms with Crippen molar-refractivity contribution in [1.82, 2.24) is 24.4 Å². The van der Waals surface area contributed by atoms with Gasteiger partial charge in [0.2, 0.25) is 0 Å². The molecule has 5 rings (SSSR count). The zero-order valence-corrected chi connectivity index (χ0v) is 17.6. The molecule has 0 atom stereocenters. The van der Waals surface area contributed by atoms with Crippen LogP contribution in [0.25, 0.3) is 17.4 Å². The van der Waals surface area contributed by atoms with E-state index in [-0.39, 0.29) is 0 Å². The number of furan rings is 1. The lowest BCUT2D eigenvalue weighted by Crippen LogP contribution is -2.31. The molecule has 1 aliphatic heterocycles. The van der Waals surface area contributed by atoms with Crippen LogP contribution in [0.2, 0.25) is 0 Å². The first-order valence-electron chi connectivity index (χ1n) is 10.3. The second-order valence-corrected chi connectivity index (χ2v) is 7.98. The summed E-state index contributed by atoms with van der Waals surface area (Å²) in [5, 5.41) is 0. The minimum atomic E-state index is 0.668. The summed E-state index contributed by atoms with van der Waals surface area (Å²) >= 11 is 0. The van der Waals surface area contributed by atoms with E-state index in [1.807, 2.05) is 30.6 Å². The lowest BCUT2D eigenvalue weighted by molar-refractivity contribution is 0.242. The number of hydrogen-bond acceptors (Lipinski definition) is 5. The third-order valence-electron chi connectivity index (χ3n) is 5.88. The molecule has 0 saturated carbocycles. The lowest BCUT2D eigenvalue weighted by Gasteiger charge is -2.28. The summed E-state index contributed by atoms with van der Waals surface area (Å²) in [7, 11) is 0. The molecule has 5 heterocycles. The standard InChI is InChI=1S/C24H25N5O/c1-16-6-4-9-25-24(16)29-17(2)12-19(18(29)3)14-28-10-8-21-20(15-28)13-26-23(27-21)22-7-5-11-30-22/h4-7,9,11-13H,8,10,14-15H2,1-3H3. The molecule has 0 bridgehead atoms. The topological polar surface area (TPSA) is 60.0 Å². The van der Waals surface area contributed by atoms with Gasteiger partial charge in [0, 0.05) is 55.4 Å². The predicted molar refractivity (Wildman–Crippen MR) is 115 cm³/mol. The largest absolute Gasteiger partial charge is 0.461 e. The quantitative estimate of drug-likeness (QED) is 0.509. The fourth-order valence-electron chi connectivity index (χ4n) is 4.30. The van der Waals surface area contributed by atoms with Crippen molar-refractivity contribution in [2.75, 3.05) is 6.54 Å². The van der Waals surface area contributed by atoms with Crippen molar-refractivity contribution in [3.05, 3.63) is 82.8 Å². The maximum Gasteiger partial charge on any atom is 0.195 e. The third kappa shape index (κ3) is 3.33. The Kier molecular flexibility index (Phi) is 4.71. The minimum Gasteiger partial charge on any atom is -0.461 e. The van der Waals surface area contributed by atoms with Crippen LogP contribution in [0.4, 0.5) is 0 Å². The fourth-order valence-corrected chi connectivity index (χ4v) is 4.30. The van der Waals surface area contributed by atoms with Crippen LogP contribution in [-0.2, 0) is 19.5 Å². The Balaban J connectivity index is 1.37. The van der Waals surface area contributed by atoms with Crippen molar-refractivity contribution in [2.45, 2.75) is 40.3 Å². The second kappa shape index (κ2) is 7.54. The second-order valence-electron chi connectivity index (χ2n) is 7.98. The first-order valence-corrected chi connectivity index (χ1v) is 10.3. The summed E-state index contributed by atoms with van der Waals surface area (Å²) < 4.78 is 7.70. The van der Waals surface area contributed by atoms with Crippen molar-refractivity contribution < 1.29 is 4.42 Å². The van der Waals surface area contributed by atoms with Gasteiger partial charge in [0.15, 0.2) is 11.6 Å². The molecule has 152 valence electrons. The molecule has 0 radical (unpaired) electrons. The smallest absolute Gasteiger partial charge is 0.195 e. The summed E-state index contributed by atoms with van der Waals surface area (Å²) in [6.45, 7) is 9.20. The third-order valence-corrected chi connectivity index (χ3v) is 5.88. The highest BCUT2D eigenvalue weighted by Gasteiger charge is 2.21. The number of nitrogens with zero attached hydrogens (tertiary/aromatic N) is 5. The Morgan fingerprint density at radius 2 is 2.00 bits per heavy atom. The Labute approximate surface area is 176 Å². The Hall–Kier alpha value is -3.25. The van der Waals surface area contributed by atoms with E-state index >= 15 is 0 Å². The molecule has 1 aliphatic rings. The average molecular weight is 399 g/mol. The van der Waals surface area contributed by atoms with Crippen LogP contribution in [-0.4, -0.2) is 31.0 Å². The zero-order chi connectivity index (χ0) is 20.7. The van der Waals surface area contributed by atoms with E-state index in [1.54, 1.807) is 6.26 Å². The van der Waals surface area contributed by atoms with E-state index in [9.17, 15) is 0 Å². The van der Waals surface area contributed by atoms with Gasteiger partial charge in [0.25, 0.3) is 0 Å². The molecule has 0 aromatic carbocycles. The highest BCUT2D eigenvalue weighted by Crippen LogP contribution is 2.26. The molecule has 0 saturated heterocycles. The van der Waals surface area contributed by atoms with E-state index in [4.69, 9.17) is 9.40 Å². The van der Waals surface area contributed by atoms with Crippen LogP contribution in [0.3, 0.4) is 0 Å². The van der Waals surface area contributed by atoms with Crippen molar-refractivity contribution in [2.24, 2.45) is 0 Å². The van der Waals surface area contributed by atoms with E-state index < -0.39 is 0 Å². The molecular weight excluding hydrogens is 374 g/mol. The summed E-state index contributed by atoms with van der Waals surface area (Å²) in [5.41, 5.74) is 7.32. The maximum absolute atomic E-state index is 5.44. The molecule has 0 amide bonds. The highest BCUT2D eigenvalue weighted by atomic mass is 16.3. The van der Waals surface area contributed by atoms with Crippen molar-refractivity contribution in [3.8, 4) is 17.4 Å². The Morgan fingerprint density at radius 3 is 2.80 bits per heavy atom. The van der Waals surface area contributed by atoms with E-state index in [1.165, 1.54) is 28.1 Å². The van der Waals surface area contributed by atoms with Gasteiger partial charge in [-0.05, 0) is 56.2 Å². The predicted octanol–water partition coefficient (Wildman–Crippen LogP) is 4.41. The first-order chi connectivity index (χ1) is 14.6. The minimum absolute atomic E-state index is 0.668. The zero-order valence-electron chi connectivity index (χ0n) is 17.6. The van der Waals surface area contributed by atoms with Crippen LogP contribution in [0.1, 0.15) is 33.8 Å². The molecule has 0 unspecified atom stereocenters. The molecule has 6 nitrogen and oxygen atoms in total. The van der Waals surface area contributed by atoms with Gasteiger partial charge in [-0.2, -0.15) is 0 Å². The SMILES string of the molecule is Cc1cccnc1-n1c(C)cc(CN2CCc3nc(-c4ccco4)ncc3C2)c1C. The van der Waals surface area contributed by atoms with Crippen molar-refractivity contribution in [1.29, 1.82) is 0 Å². The maximum atomic E-state index is 5.44. The summed E-state index contributed by atoms with van der Waals surface area (Å²) in [6, 6.07) is 10.1. The van der Waals surface area contributed by atoms with E-state index in [2.05, 4.69) is 52.3 Å². The Morgan fingerprint density at radius 1 is 1.10 bits per heavy atom. The van der Waals surface area contributed by atoms with Crippen LogP contribution >= 0.6 is 0 Å². The molecule has 0 N–H and O–H groups in total. The molecule has 4 aromatic rings. The van der Waals surface area contributed by atoms with Gasteiger partial charge in [-0.25, -0.2) is 15.0 Å². The van der Waals surface area contributed by atoms with Gasteiger partial charge in [0.05, 0.1) is 12.0 Å². The van der Waals surface area contributed by atoms with Crippen LogP contribution in [0.15, 0.2) is 53.4 Å². The van der Waals surface area contributed by atoms with Crippen LogP contribution in [0.5, 0.6) is 0 Å². The van der Waals surface area contributed by atoms with Gasteiger partial charge in [-0.1, -0.05) is 6.07 Å². The number of fused-ring (bicyclic) bond motifs is 1. The van der Waals surface area contributed by atoms with Gasteiger partial charge in [-0.15, -0.1) is 0 Å². The van der Waals surface area contributed by atoms with E-state index in [0.29, 0.717) is 5.82 Å². The molecule has 0 fully saturated rings. The highest BCUT2D eigenvalue weighted by molar-refractivity contribution is 5.47. The van der Waals surface area contributed by atoms with E-state index in [0.717, 1.165) is 43.3 Å². The Bertz CT molecular complexity index is 1190. The molecule has 6 heteroatoms. The van der Waals surface area contributed by atoms with Gasteiger partial charge < -0.3 is 8.98 Å². The van der Waals surface area contributed by atoms with Crippen LogP contribution in [0, 0.1) is 20.8 Å². The number of rotatable bonds is 4. The number of pyridine rings is 1. The van der Waals surface area contributed by atoms with Gasteiger partial charge in [-0.3, -0.25) is 4.90 Å². The van der Waals surface area contributed by atoms with Gasteiger partial charge in [0.1, 0.15) is 5.82 Å². The molecular formula is C24H25N5O. The lowest BCUT2D eigenvalue weighted by atomic mass is 10.1. The summed E-state index contributed by atoms with van der Waals surface area (Å²) in [6.07, 6.45) is 6.39. The molecule has 4 aromatic heterocycles. The number of aryl methyl sites for hydroxylation is 2. The van der Waals surface area contributed by atoms with Crippen molar-refractivity contribution >= 4 is 0 Å². The van der Waals surface area contributed by atoms with Crippen LogP contribution < -0.4 is 0 Å². The monoisotopic (exact) mass is 399 g/mol. The molecule has 30 heavy (non-hydrogen) atoms. The normalized spacial score (nSPS) is 14.1.